The van der Waals surface area contributed by atoms with E-state index in [-0.39, 0.29) is 5.75 Å². The van der Waals surface area contributed by atoms with Gasteiger partial charge in [-0.05, 0) is 18.1 Å². The zero-order valence-corrected chi connectivity index (χ0v) is 6.63. The van der Waals surface area contributed by atoms with E-state index in [2.05, 4.69) is 4.98 Å². The molecule has 0 fully saturated rings. The van der Waals surface area contributed by atoms with Crippen LogP contribution in [0.15, 0.2) is 23.4 Å². The molecule has 0 saturated carbocycles. The Kier molecular flexibility index (Phi) is 1.26. The van der Waals surface area contributed by atoms with Gasteiger partial charge in [-0.15, -0.1) is 0 Å². The molecule has 4 heteroatoms. The van der Waals surface area contributed by atoms with Gasteiger partial charge in [-0.2, -0.15) is 0 Å². The molecule has 1 aromatic heterocycles. The van der Waals surface area contributed by atoms with Gasteiger partial charge in [-0.25, -0.2) is 8.42 Å². The summed E-state index contributed by atoms with van der Waals surface area (Å²) < 4.78 is 22.4. The van der Waals surface area contributed by atoms with E-state index in [1.54, 1.807) is 12.3 Å². The third-order valence-electron chi connectivity index (χ3n) is 1.85. The standard InChI is InChI=1S/C7H7NO2S/c9-11(10)4-2-6-1-3-8-5-7(6)11/h1,3,5H,2,4H2. The van der Waals surface area contributed by atoms with Crippen molar-refractivity contribution < 1.29 is 8.42 Å². The highest BCUT2D eigenvalue weighted by Crippen LogP contribution is 2.23. The van der Waals surface area contributed by atoms with E-state index >= 15 is 0 Å². The maximum atomic E-state index is 11.2. The number of rotatable bonds is 0. The minimum atomic E-state index is -2.97. The second-order valence-electron chi connectivity index (χ2n) is 2.55. The van der Waals surface area contributed by atoms with E-state index in [0.29, 0.717) is 11.3 Å². The van der Waals surface area contributed by atoms with E-state index in [1.165, 1.54) is 6.20 Å². The molecule has 0 radical (unpaired) electrons. The van der Waals surface area contributed by atoms with E-state index < -0.39 is 9.84 Å². The van der Waals surface area contributed by atoms with Gasteiger partial charge in [-0.1, -0.05) is 0 Å². The summed E-state index contributed by atoms with van der Waals surface area (Å²) in [6.45, 7) is 0. The molecule has 0 spiro atoms. The van der Waals surface area contributed by atoms with Crippen molar-refractivity contribution in [2.24, 2.45) is 0 Å². The van der Waals surface area contributed by atoms with Crippen LogP contribution in [-0.2, 0) is 16.3 Å². The second-order valence-corrected chi connectivity index (χ2v) is 4.63. The maximum absolute atomic E-state index is 11.2. The molecule has 0 amide bonds. The molecule has 0 aliphatic carbocycles. The van der Waals surface area contributed by atoms with Crippen molar-refractivity contribution in [2.45, 2.75) is 11.3 Å². The predicted octanol–water partition coefficient (Wildman–Crippen LogP) is 0.411. The summed E-state index contributed by atoms with van der Waals surface area (Å²) >= 11 is 0. The Balaban J connectivity index is 2.75. The van der Waals surface area contributed by atoms with E-state index in [1.807, 2.05) is 0 Å². The Morgan fingerprint density at radius 3 is 3.00 bits per heavy atom. The number of hydrogen-bond acceptors (Lipinski definition) is 3. The van der Waals surface area contributed by atoms with Crippen LogP contribution in [0.3, 0.4) is 0 Å². The summed E-state index contributed by atoms with van der Waals surface area (Å²) in [6.07, 6.45) is 3.69. The SMILES string of the molecule is O=S1(=O)CCc2ccncc21. The molecule has 0 bridgehead atoms. The first-order valence-corrected chi connectivity index (χ1v) is 5.01. The van der Waals surface area contributed by atoms with Crippen LogP contribution in [0.2, 0.25) is 0 Å². The van der Waals surface area contributed by atoms with Gasteiger partial charge in [0.25, 0.3) is 0 Å². The summed E-state index contributed by atoms with van der Waals surface area (Å²) in [5.74, 6) is 0.244. The highest BCUT2D eigenvalue weighted by Gasteiger charge is 2.25. The number of sulfone groups is 1. The Morgan fingerprint density at radius 1 is 1.45 bits per heavy atom. The third-order valence-corrected chi connectivity index (χ3v) is 3.62. The van der Waals surface area contributed by atoms with Gasteiger partial charge in [0.2, 0.25) is 0 Å². The third kappa shape index (κ3) is 0.939. The Morgan fingerprint density at radius 2 is 2.27 bits per heavy atom. The Labute approximate surface area is 65.0 Å². The van der Waals surface area contributed by atoms with Crippen LogP contribution in [0.4, 0.5) is 0 Å². The zero-order chi connectivity index (χ0) is 7.90. The van der Waals surface area contributed by atoms with Crippen molar-refractivity contribution >= 4 is 9.84 Å². The van der Waals surface area contributed by atoms with Crippen molar-refractivity contribution in [2.75, 3.05) is 5.75 Å². The molecule has 0 aromatic carbocycles. The van der Waals surface area contributed by atoms with Crippen molar-refractivity contribution in [1.82, 2.24) is 4.98 Å². The van der Waals surface area contributed by atoms with Crippen molar-refractivity contribution in [3.63, 3.8) is 0 Å². The molecule has 0 atom stereocenters. The van der Waals surface area contributed by atoms with Crippen LogP contribution in [0.5, 0.6) is 0 Å². The molecular formula is C7H7NO2S. The molecule has 3 nitrogen and oxygen atoms in total. The lowest BCUT2D eigenvalue weighted by molar-refractivity contribution is 0.599. The van der Waals surface area contributed by atoms with Crippen LogP contribution < -0.4 is 0 Å². The smallest absolute Gasteiger partial charge is 0.180 e. The lowest BCUT2D eigenvalue weighted by Gasteiger charge is -1.93. The summed E-state index contributed by atoms with van der Waals surface area (Å²) in [5, 5.41) is 0. The van der Waals surface area contributed by atoms with Gasteiger partial charge in [0.05, 0.1) is 10.6 Å². The Hall–Kier alpha value is -0.900. The average molecular weight is 169 g/mol. The summed E-state index contributed by atoms with van der Waals surface area (Å²) in [7, 11) is -2.97. The predicted molar refractivity (Wildman–Crippen MR) is 40.0 cm³/mol. The maximum Gasteiger partial charge on any atom is 0.180 e. The van der Waals surface area contributed by atoms with Crippen LogP contribution in [0, 0.1) is 0 Å². The summed E-state index contributed by atoms with van der Waals surface area (Å²) in [5.41, 5.74) is 0.903. The minimum Gasteiger partial charge on any atom is -0.263 e. The fourth-order valence-corrected chi connectivity index (χ4v) is 2.75. The summed E-state index contributed by atoms with van der Waals surface area (Å²) in [4.78, 5) is 4.19. The highest BCUT2D eigenvalue weighted by molar-refractivity contribution is 7.91. The topological polar surface area (TPSA) is 47.0 Å². The average Bonchev–Trinajstić information content (AvgIpc) is 2.29. The number of nitrogens with zero attached hydrogens (tertiary/aromatic N) is 1. The minimum absolute atomic E-state index is 0.244. The fourth-order valence-electron chi connectivity index (χ4n) is 1.25. The van der Waals surface area contributed by atoms with Gasteiger partial charge in [-0.3, -0.25) is 4.98 Å². The van der Waals surface area contributed by atoms with Crippen LogP contribution in [0.1, 0.15) is 5.56 Å². The van der Waals surface area contributed by atoms with Gasteiger partial charge in [0.1, 0.15) is 0 Å². The van der Waals surface area contributed by atoms with Crippen LogP contribution >= 0.6 is 0 Å². The number of fused-ring (bicyclic) bond motifs is 1. The molecule has 1 aliphatic rings. The van der Waals surface area contributed by atoms with Crippen molar-refractivity contribution in [3.05, 3.63) is 24.0 Å². The number of pyridine rings is 1. The molecule has 0 N–H and O–H groups in total. The number of aryl methyl sites for hydroxylation is 1. The van der Waals surface area contributed by atoms with Gasteiger partial charge in [0, 0.05) is 12.4 Å². The Bertz CT molecular complexity index is 383. The second kappa shape index (κ2) is 2.04. The van der Waals surface area contributed by atoms with E-state index in [4.69, 9.17) is 0 Å². The molecule has 2 rings (SSSR count). The lowest BCUT2D eigenvalue weighted by atomic mass is 10.2. The molecular weight excluding hydrogens is 162 g/mol. The summed E-state index contributed by atoms with van der Waals surface area (Å²) in [6, 6.07) is 1.76. The zero-order valence-electron chi connectivity index (χ0n) is 5.82. The quantitative estimate of drug-likeness (QED) is 0.565. The van der Waals surface area contributed by atoms with Crippen molar-refractivity contribution in [1.29, 1.82) is 0 Å². The van der Waals surface area contributed by atoms with E-state index in [9.17, 15) is 8.42 Å². The van der Waals surface area contributed by atoms with E-state index in [0.717, 1.165) is 5.56 Å². The molecule has 0 unspecified atom stereocenters. The number of hydrogen-bond donors (Lipinski definition) is 0. The molecule has 2 heterocycles. The van der Waals surface area contributed by atoms with Crippen LogP contribution in [0.25, 0.3) is 0 Å². The lowest BCUT2D eigenvalue weighted by Crippen LogP contribution is -1.98. The normalized spacial score (nSPS) is 19.6. The highest BCUT2D eigenvalue weighted by atomic mass is 32.2. The van der Waals surface area contributed by atoms with Crippen LogP contribution in [-0.4, -0.2) is 19.2 Å². The first-order valence-electron chi connectivity index (χ1n) is 3.36. The molecule has 58 valence electrons. The first-order chi connectivity index (χ1) is 5.20. The largest absolute Gasteiger partial charge is 0.263 e. The molecule has 0 saturated heterocycles. The molecule has 1 aromatic rings. The number of aromatic nitrogens is 1. The van der Waals surface area contributed by atoms with Crippen molar-refractivity contribution in [3.8, 4) is 0 Å². The van der Waals surface area contributed by atoms with Gasteiger partial charge in [0.15, 0.2) is 9.84 Å². The van der Waals surface area contributed by atoms with Gasteiger partial charge >= 0.3 is 0 Å². The monoisotopic (exact) mass is 169 g/mol. The van der Waals surface area contributed by atoms with Gasteiger partial charge < -0.3 is 0 Å². The fraction of sp³-hybridized carbons (Fsp3) is 0.286. The first kappa shape index (κ1) is 6.79. The molecule has 1 aliphatic heterocycles. The molecule has 11 heavy (non-hydrogen) atoms.